The Balaban J connectivity index is 1.74. The number of hydrogen-bond acceptors (Lipinski definition) is 2. The van der Waals surface area contributed by atoms with Crippen LogP contribution >= 0.6 is 0 Å². The van der Waals surface area contributed by atoms with Crippen LogP contribution in [-0.4, -0.2) is 29.1 Å². The first-order valence-electron chi connectivity index (χ1n) is 6.38. The topological polar surface area (TPSA) is 23.5 Å². The quantitative estimate of drug-likeness (QED) is 0.780. The van der Waals surface area contributed by atoms with Crippen LogP contribution in [0.3, 0.4) is 0 Å². The molecule has 1 saturated heterocycles. The minimum Gasteiger partial charge on any atom is -0.508 e. The number of likely N-dealkylation sites (tertiary alicyclic amines) is 1. The lowest BCUT2D eigenvalue weighted by Crippen LogP contribution is -2.39. The summed E-state index contributed by atoms with van der Waals surface area (Å²) >= 11 is 0. The molecule has 0 bridgehead atoms. The molecule has 1 aliphatic heterocycles. The second-order valence-electron chi connectivity index (χ2n) is 5.11. The average Bonchev–Trinajstić information content (AvgIpc) is 2.73. The molecule has 1 fully saturated rings. The summed E-state index contributed by atoms with van der Waals surface area (Å²) in [5, 5.41) is 9.48. The van der Waals surface area contributed by atoms with Crippen molar-refractivity contribution in [3.05, 3.63) is 29.3 Å². The van der Waals surface area contributed by atoms with Gasteiger partial charge in [0.25, 0.3) is 0 Å². The minimum absolute atomic E-state index is 0.415. The summed E-state index contributed by atoms with van der Waals surface area (Å²) < 4.78 is 0. The molecule has 0 radical (unpaired) electrons. The standard InChI is InChI=1S/C14H19NO/c16-14-5-4-11-8-13(9-12(11)10-14)15-6-2-1-3-7-15/h4-5,10,13,16H,1-3,6-9H2/t13-/m0/s1. The van der Waals surface area contributed by atoms with Crippen molar-refractivity contribution in [2.45, 2.75) is 38.1 Å². The molecule has 86 valence electrons. The van der Waals surface area contributed by atoms with E-state index in [1.54, 1.807) is 0 Å². The van der Waals surface area contributed by atoms with Crippen LogP contribution in [0.25, 0.3) is 0 Å². The van der Waals surface area contributed by atoms with Crippen molar-refractivity contribution in [1.82, 2.24) is 4.90 Å². The van der Waals surface area contributed by atoms with Gasteiger partial charge in [-0.3, -0.25) is 4.90 Å². The van der Waals surface area contributed by atoms with E-state index in [4.69, 9.17) is 0 Å². The Hall–Kier alpha value is -1.02. The van der Waals surface area contributed by atoms with Gasteiger partial charge in [0, 0.05) is 6.04 Å². The van der Waals surface area contributed by atoms with Crippen molar-refractivity contribution < 1.29 is 5.11 Å². The Kier molecular flexibility index (Phi) is 2.60. The monoisotopic (exact) mass is 217 g/mol. The van der Waals surface area contributed by atoms with Crippen molar-refractivity contribution in [3.8, 4) is 5.75 Å². The van der Waals surface area contributed by atoms with E-state index in [9.17, 15) is 5.11 Å². The highest BCUT2D eigenvalue weighted by atomic mass is 16.3. The van der Waals surface area contributed by atoms with Crippen LogP contribution in [0.2, 0.25) is 0 Å². The number of nitrogens with zero attached hydrogens (tertiary/aromatic N) is 1. The lowest BCUT2D eigenvalue weighted by atomic mass is 10.1. The van der Waals surface area contributed by atoms with Crippen LogP contribution in [0.5, 0.6) is 5.75 Å². The molecule has 1 atom stereocenters. The van der Waals surface area contributed by atoms with Gasteiger partial charge in [-0.2, -0.15) is 0 Å². The summed E-state index contributed by atoms with van der Waals surface area (Å²) in [6.07, 6.45) is 6.42. The van der Waals surface area contributed by atoms with Gasteiger partial charge in [0.05, 0.1) is 0 Å². The maximum absolute atomic E-state index is 9.48. The van der Waals surface area contributed by atoms with E-state index < -0.39 is 0 Å². The molecule has 1 aromatic rings. The molecular formula is C14H19NO. The fourth-order valence-electron chi connectivity index (χ4n) is 3.12. The van der Waals surface area contributed by atoms with Crippen LogP contribution in [0.1, 0.15) is 30.4 Å². The maximum Gasteiger partial charge on any atom is 0.115 e. The van der Waals surface area contributed by atoms with Crippen molar-refractivity contribution in [2.24, 2.45) is 0 Å². The van der Waals surface area contributed by atoms with E-state index >= 15 is 0 Å². The summed E-state index contributed by atoms with van der Waals surface area (Å²) in [6, 6.07) is 6.54. The molecule has 2 aliphatic rings. The molecule has 1 N–H and O–H groups in total. The lowest BCUT2D eigenvalue weighted by Gasteiger charge is -2.32. The summed E-state index contributed by atoms with van der Waals surface area (Å²) in [5.41, 5.74) is 2.80. The van der Waals surface area contributed by atoms with E-state index in [0.717, 1.165) is 6.42 Å². The van der Waals surface area contributed by atoms with Crippen LogP contribution in [0, 0.1) is 0 Å². The second-order valence-corrected chi connectivity index (χ2v) is 5.11. The average molecular weight is 217 g/mol. The van der Waals surface area contributed by atoms with Crippen molar-refractivity contribution in [2.75, 3.05) is 13.1 Å². The molecule has 2 nitrogen and oxygen atoms in total. The number of aromatic hydroxyl groups is 1. The predicted molar refractivity (Wildman–Crippen MR) is 64.7 cm³/mol. The Labute approximate surface area is 96.9 Å². The Morgan fingerprint density at radius 1 is 1.00 bits per heavy atom. The third-order valence-corrected chi connectivity index (χ3v) is 4.01. The highest BCUT2D eigenvalue weighted by Crippen LogP contribution is 2.29. The van der Waals surface area contributed by atoms with Crippen molar-refractivity contribution >= 4 is 0 Å². The molecule has 0 aromatic heterocycles. The molecule has 3 rings (SSSR count). The Bertz CT molecular complexity index is 382. The summed E-state index contributed by atoms with van der Waals surface area (Å²) in [4.78, 5) is 2.64. The van der Waals surface area contributed by atoms with Gasteiger partial charge < -0.3 is 5.11 Å². The molecule has 1 heterocycles. The molecule has 0 unspecified atom stereocenters. The molecule has 2 heteroatoms. The number of rotatable bonds is 1. The maximum atomic E-state index is 9.48. The molecule has 0 saturated carbocycles. The van der Waals surface area contributed by atoms with Gasteiger partial charge in [-0.25, -0.2) is 0 Å². The molecule has 0 spiro atoms. The second kappa shape index (κ2) is 4.10. The first-order chi connectivity index (χ1) is 7.83. The zero-order chi connectivity index (χ0) is 11.0. The zero-order valence-corrected chi connectivity index (χ0v) is 9.65. The van der Waals surface area contributed by atoms with Gasteiger partial charge in [-0.15, -0.1) is 0 Å². The van der Waals surface area contributed by atoms with E-state index in [-0.39, 0.29) is 0 Å². The highest BCUT2D eigenvalue weighted by Gasteiger charge is 2.27. The molecule has 0 amide bonds. The minimum atomic E-state index is 0.415. The number of hydrogen-bond donors (Lipinski definition) is 1. The molecule has 16 heavy (non-hydrogen) atoms. The van der Waals surface area contributed by atoms with Gasteiger partial charge in [0.1, 0.15) is 5.75 Å². The summed E-state index contributed by atoms with van der Waals surface area (Å²) in [6.45, 7) is 2.54. The normalized spacial score (nSPS) is 25.6. The number of piperidine rings is 1. The fourth-order valence-corrected chi connectivity index (χ4v) is 3.12. The largest absolute Gasteiger partial charge is 0.508 e. The van der Waals surface area contributed by atoms with E-state index in [0.29, 0.717) is 11.8 Å². The molecule has 1 aliphatic carbocycles. The van der Waals surface area contributed by atoms with Gasteiger partial charge in [0.2, 0.25) is 0 Å². The number of fused-ring (bicyclic) bond motifs is 1. The molecular weight excluding hydrogens is 198 g/mol. The highest BCUT2D eigenvalue weighted by molar-refractivity contribution is 5.39. The van der Waals surface area contributed by atoms with E-state index in [1.807, 2.05) is 12.1 Å². The van der Waals surface area contributed by atoms with Gasteiger partial charge in [-0.1, -0.05) is 12.5 Å². The first kappa shape index (κ1) is 10.2. The Morgan fingerprint density at radius 3 is 2.56 bits per heavy atom. The van der Waals surface area contributed by atoms with Crippen LogP contribution in [0.4, 0.5) is 0 Å². The van der Waals surface area contributed by atoms with E-state index in [1.165, 1.54) is 49.9 Å². The van der Waals surface area contributed by atoms with Crippen LogP contribution in [-0.2, 0) is 12.8 Å². The van der Waals surface area contributed by atoms with Gasteiger partial charge >= 0.3 is 0 Å². The SMILES string of the molecule is Oc1ccc2c(c1)C[C@@H](N1CCCCC1)C2. The molecule has 1 aromatic carbocycles. The number of benzene rings is 1. The Morgan fingerprint density at radius 2 is 1.75 bits per heavy atom. The zero-order valence-electron chi connectivity index (χ0n) is 9.65. The third kappa shape index (κ3) is 1.82. The summed E-state index contributed by atoms with van der Waals surface area (Å²) in [5.74, 6) is 0.415. The van der Waals surface area contributed by atoms with E-state index in [2.05, 4.69) is 11.0 Å². The van der Waals surface area contributed by atoms with Gasteiger partial charge in [-0.05, 0) is 62.0 Å². The summed E-state index contributed by atoms with van der Waals surface area (Å²) in [7, 11) is 0. The number of phenols is 1. The van der Waals surface area contributed by atoms with Gasteiger partial charge in [0.15, 0.2) is 0 Å². The lowest BCUT2D eigenvalue weighted by molar-refractivity contribution is 0.168. The fraction of sp³-hybridized carbons (Fsp3) is 0.571. The smallest absolute Gasteiger partial charge is 0.115 e. The van der Waals surface area contributed by atoms with Crippen molar-refractivity contribution in [1.29, 1.82) is 0 Å². The first-order valence-corrected chi connectivity index (χ1v) is 6.38. The van der Waals surface area contributed by atoms with Crippen LogP contribution in [0.15, 0.2) is 18.2 Å². The number of phenolic OH excluding ortho intramolecular Hbond substituents is 1. The third-order valence-electron chi connectivity index (χ3n) is 4.01. The van der Waals surface area contributed by atoms with Crippen LogP contribution < -0.4 is 0 Å². The van der Waals surface area contributed by atoms with Crippen molar-refractivity contribution in [3.63, 3.8) is 0 Å². The predicted octanol–water partition coefficient (Wildman–Crippen LogP) is 2.35.